The van der Waals surface area contributed by atoms with E-state index >= 15 is 0 Å². The van der Waals surface area contributed by atoms with Crippen LogP contribution in [0.3, 0.4) is 0 Å². The fourth-order valence-corrected chi connectivity index (χ4v) is 2.43. The molecular formula is C14H18N2O2. The summed E-state index contributed by atoms with van der Waals surface area (Å²) >= 11 is 0. The first kappa shape index (κ1) is 12.6. The number of nitrogens with two attached hydrogens (primary N) is 1. The maximum Gasteiger partial charge on any atom is 0.338 e. The number of hydroxylamine groups is 2. The molecule has 2 rings (SSSR count). The monoisotopic (exact) mass is 246 g/mol. The van der Waals surface area contributed by atoms with Gasteiger partial charge in [0.05, 0.1) is 6.54 Å². The van der Waals surface area contributed by atoms with Crippen molar-refractivity contribution in [1.82, 2.24) is 5.06 Å². The van der Waals surface area contributed by atoms with Gasteiger partial charge < -0.3 is 5.73 Å². The first-order valence-electron chi connectivity index (χ1n) is 6.19. The van der Waals surface area contributed by atoms with Crippen LogP contribution < -0.4 is 5.73 Å². The Morgan fingerprint density at radius 1 is 1.44 bits per heavy atom. The van der Waals surface area contributed by atoms with Crippen molar-refractivity contribution in [2.75, 3.05) is 6.54 Å². The van der Waals surface area contributed by atoms with Crippen LogP contribution in [0.2, 0.25) is 0 Å². The lowest BCUT2D eigenvalue weighted by Gasteiger charge is -2.12. The molecule has 1 aliphatic rings. The van der Waals surface area contributed by atoms with E-state index in [4.69, 9.17) is 5.73 Å². The molecule has 0 heterocycles. The molecule has 1 aromatic carbocycles. The molecule has 96 valence electrons. The predicted molar refractivity (Wildman–Crippen MR) is 70.1 cm³/mol. The summed E-state index contributed by atoms with van der Waals surface area (Å²) in [5.41, 5.74) is 8.72. The highest BCUT2D eigenvalue weighted by atomic mass is 16.5. The summed E-state index contributed by atoms with van der Waals surface area (Å²) < 4.78 is 0. The first-order valence-corrected chi connectivity index (χ1v) is 6.19. The van der Waals surface area contributed by atoms with E-state index in [9.17, 15) is 10.0 Å². The number of nitrogens with zero attached hydrogens (tertiary/aromatic N) is 1. The highest BCUT2D eigenvalue weighted by Gasteiger charge is 2.21. The molecule has 4 nitrogen and oxygen atoms in total. The molecule has 2 amide bonds. The molecule has 0 saturated heterocycles. The van der Waals surface area contributed by atoms with Gasteiger partial charge in [-0.05, 0) is 29.5 Å². The van der Waals surface area contributed by atoms with E-state index in [1.807, 2.05) is 12.1 Å². The SMILES string of the molecule is CCC1C=C(CCN(O)C(N)=O)c2ccccc21. The van der Waals surface area contributed by atoms with E-state index in [1.54, 1.807) is 0 Å². The summed E-state index contributed by atoms with van der Waals surface area (Å²) in [6.07, 6.45) is 3.89. The summed E-state index contributed by atoms with van der Waals surface area (Å²) in [5, 5.41) is 9.85. The Bertz CT molecular complexity index is 482. The number of hydrogen-bond acceptors (Lipinski definition) is 2. The summed E-state index contributed by atoms with van der Waals surface area (Å²) in [5.74, 6) is 0.442. The Kier molecular flexibility index (Phi) is 3.67. The maximum absolute atomic E-state index is 10.7. The largest absolute Gasteiger partial charge is 0.350 e. The lowest BCUT2D eigenvalue weighted by Crippen LogP contribution is -2.33. The van der Waals surface area contributed by atoms with Crippen LogP contribution in [-0.2, 0) is 0 Å². The van der Waals surface area contributed by atoms with Gasteiger partial charge in [-0.2, -0.15) is 0 Å². The standard InChI is InChI=1S/C14H18N2O2/c1-2-10-9-11(7-8-16(18)14(15)17)13-6-4-3-5-12(10)13/h3-6,9-10,18H,2,7-8H2,1H3,(H2,15,17). The Hall–Kier alpha value is -1.81. The third-order valence-electron chi connectivity index (χ3n) is 3.40. The minimum atomic E-state index is -0.811. The fraction of sp³-hybridized carbons (Fsp3) is 0.357. The number of hydrogen-bond donors (Lipinski definition) is 2. The van der Waals surface area contributed by atoms with Crippen molar-refractivity contribution < 1.29 is 10.0 Å². The van der Waals surface area contributed by atoms with Gasteiger partial charge in [-0.3, -0.25) is 5.21 Å². The lowest BCUT2D eigenvalue weighted by molar-refractivity contribution is -0.0372. The topological polar surface area (TPSA) is 66.6 Å². The minimum Gasteiger partial charge on any atom is -0.350 e. The third kappa shape index (κ3) is 2.38. The summed E-state index contributed by atoms with van der Waals surface area (Å²) in [4.78, 5) is 10.7. The van der Waals surface area contributed by atoms with Crippen LogP contribution in [0.25, 0.3) is 5.57 Å². The van der Waals surface area contributed by atoms with E-state index in [2.05, 4.69) is 25.1 Å². The van der Waals surface area contributed by atoms with Crippen molar-refractivity contribution in [2.45, 2.75) is 25.7 Å². The zero-order valence-corrected chi connectivity index (χ0v) is 10.5. The number of fused-ring (bicyclic) bond motifs is 1. The number of allylic oxidation sites excluding steroid dienone is 1. The van der Waals surface area contributed by atoms with Crippen LogP contribution >= 0.6 is 0 Å². The first-order chi connectivity index (χ1) is 8.63. The van der Waals surface area contributed by atoms with E-state index < -0.39 is 6.03 Å². The second-order valence-corrected chi connectivity index (χ2v) is 4.51. The van der Waals surface area contributed by atoms with Crippen LogP contribution in [0, 0.1) is 0 Å². The number of carbonyl (C=O) groups is 1. The maximum atomic E-state index is 10.7. The molecular weight excluding hydrogens is 228 g/mol. The minimum absolute atomic E-state index is 0.228. The number of carbonyl (C=O) groups excluding carboxylic acids is 1. The van der Waals surface area contributed by atoms with Crippen LogP contribution in [-0.4, -0.2) is 22.8 Å². The Morgan fingerprint density at radius 2 is 2.17 bits per heavy atom. The fourth-order valence-electron chi connectivity index (χ4n) is 2.43. The summed E-state index contributed by atoms with van der Waals surface area (Å²) in [6, 6.07) is 7.46. The van der Waals surface area contributed by atoms with Crippen LogP contribution in [0.5, 0.6) is 0 Å². The van der Waals surface area contributed by atoms with Crippen molar-refractivity contribution in [2.24, 2.45) is 5.73 Å². The molecule has 0 fully saturated rings. The number of urea groups is 1. The third-order valence-corrected chi connectivity index (χ3v) is 3.40. The van der Waals surface area contributed by atoms with Gasteiger partial charge in [0.15, 0.2) is 0 Å². The van der Waals surface area contributed by atoms with Gasteiger partial charge >= 0.3 is 6.03 Å². The molecule has 0 spiro atoms. The molecule has 0 radical (unpaired) electrons. The van der Waals surface area contributed by atoms with Crippen LogP contribution in [0.4, 0.5) is 4.79 Å². The van der Waals surface area contributed by atoms with Gasteiger partial charge in [-0.15, -0.1) is 0 Å². The lowest BCUT2D eigenvalue weighted by atomic mass is 9.98. The number of amides is 2. The molecule has 3 N–H and O–H groups in total. The average molecular weight is 246 g/mol. The number of primary amides is 1. The summed E-state index contributed by atoms with van der Waals surface area (Å²) in [7, 11) is 0. The average Bonchev–Trinajstić information content (AvgIpc) is 2.74. The second kappa shape index (κ2) is 5.23. The van der Waals surface area contributed by atoms with Crippen molar-refractivity contribution in [3.8, 4) is 0 Å². The smallest absolute Gasteiger partial charge is 0.338 e. The zero-order valence-electron chi connectivity index (χ0n) is 10.5. The van der Waals surface area contributed by atoms with Crippen LogP contribution in [0.1, 0.15) is 36.8 Å². The molecule has 0 aromatic heterocycles. The predicted octanol–water partition coefficient (Wildman–Crippen LogP) is 2.74. The normalized spacial score (nSPS) is 17.2. The molecule has 0 aliphatic heterocycles. The van der Waals surface area contributed by atoms with Gasteiger partial charge in [0.25, 0.3) is 0 Å². The van der Waals surface area contributed by atoms with E-state index in [0.29, 0.717) is 17.4 Å². The highest BCUT2D eigenvalue weighted by molar-refractivity contribution is 5.75. The number of rotatable bonds is 4. The number of benzene rings is 1. The Morgan fingerprint density at radius 3 is 2.83 bits per heavy atom. The molecule has 1 unspecified atom stereocenters. The van der Waals surface area contributed by atoms with E-state index in [0.717, 1.165) is 6.42 Å². The van der Waals surface area contributed by atoms with Crippen molar-refractivity contribution in [3.63, 3.8) is 0 Å². The van der Waals surface area contributed by atoms with E-state index in [1.165, 1.54) is 16.7 Å². The molecule has 0 saturated carbocycles. The van der Waals surface area contributed by atoms with Gasteiger partial charge in [0, 0.05) is 5.92 Å². The van der Waals surface area contributed by atoms with E-state index in [-0.39, 0.29) is 6.54 Å². The quantitative estimate of drug-likeness (QED) is 0.633. The molecule has 1 atom stereocenters. The van der Waals surface area contributed by atoms with Crippen molar-refractivity contribution >= 4 is 11.6 Å². The molecule has 0 bridgehead atoms. The molecule has 1 aromatic rings. The van der Waals surface area contributed by atoms with Gasteiger partial charge in [0.1, 0.15) is 0 Å². The molecule has 1 aliphatic carbocycles. The molecule has 4 heteroatoms. The van der Waals surface area contributed by atoms with Gasteiger partial charge in [-0.25, -0.2) is 9.86 Å². The highest BCUT2D eigenvalue weighted by Crippen LogP contribution is 2.38. The van der Waals surface area contributed by atoms with Crippen molar-refractivity contribution in [1.29, 1.82) is 0 Å². The Labute approximate surface area is 107 Å². The zero-order chi connectivity index (χ0) is 13.1. The molecule has 18 heavy (non-hydrogen) atoms. The van der Waals surface area contributed by atoms with Crippen molar-refractivity contribution in [3.05, 3.63) is 41.5 Å². The van der Waals surface area contributed by atoms with Crippen LogP contribution in [0.15, 0.2) is 30.3 Å². The summed E-state index contributed by atoms with van der Waals surface area (Å²) in [6.45, 7) is 2.38. The van der Waals surface area contributed by atoms with Gasteiger partial charge in [0.2, 0.25) is 0 Å². The second-order valence-electron chi connectivity index (χ2n) is 4.51. The Balaban J connectivity index is 2.12. The van der Waals surface area contributed by atoms with Gasteiger partial charge in [-0.1, -0.05) is 37.3 Å².